The highest BCUT2D eigenvalue weighted by Crippen LogP contribution is 2.42. The highest BCUT2D eigenvalue weighted by atomic mass is 35.5. The number of nitrogens with one attached hydrogen (secondary N) is 2. The van der Waals surface area contributed by atoms with E-state index in [2.05, 4.69) is 21.9 Å². The Morgan fingerprint density at radius 3 is 2.77 bits per heavy atom. The Hall–Kier alpha value is -2.35. The molecule has 2 atom stereocenters. The molecule has 0 radical (unpaired) electrons. The summed E-state index contributed by atoms with van der Waals surface area (Å²) in [5, 5.41) is 5.17. The molecule has 2 bridgehead atoms. The summed E-state index contributed by atoms with van der Waals surface area (Å²) in [4.78, 5) is 2.98. The molecular weight excluding hydrogens is 425 g/mol. The largest absolute Gasteiger partial charge is 0.359 e. The van der Waals surface area contributed by atoms with Gasteiger partial charge in [0.2, 0.25) is 9.84 Å². The third-order valence-electron chi connectivity index (χ3n) is 6.57. The molecular formula is C22H21ClFN3O2S. The fourth-order valence-corrected chi connectivity index (χ4v) is 6.47. The summed E-state index contributed by atoms with van der Waals surface area (Å²) in [5.41, 5.74) is 3.87. The van der Waals surface area contributed by atoms with Crippen LogP contribution in [-0.2, 0) is 23.3 Å². The molecule has 4 heterocycles. The molecule has 2 aliphatic heterocycles. The number of aryl methyl sites for hydroxylation is 1. The van der Waals surface area contributed by atoms with Crippen molar-refractivity contribution in [2.24, 2.45) is 7.05 Å². The van der Waals surface area contributed by atoms with Gasteiger partial charge in [0.05, 0.1) is 15.3 Å². The average molecular weight is 446 g/mol. The highest BCUT2D eigenvalue weighted by Gasteiger charge is 2.36. The molecule has 0 amide bonds. The zero-order valence-electron chi connectivity index (χ0n) is 16.3. The number of hydrogen-bond acceptors (Lipinski definition) is 3. The number of rotatable bonds is 2. The number of fused-ring (bicyclic) bond motifs is 7. The van der Waals surface area contributed by atoms with Crippen LogP contribution in [0.2, 0.25) is 0 Å². The molecule has 30 heavy (non-hydrogen) atoms. The monoisotopic (exact) mass is 445 g/mol. The first-order valence-corrected chi connectivity index (χ1v) is 11.3. The van der Waals surface area contributed by atoms with Crippen LogP contribution in [0.4, 0.5) is 4.39 Å². The minimum atomic E-state index is -3.84. The standard InChI is InChI=1S/C22H20FN3O2S.ClH/c1-26-19-5-3-14(10-16(19)21-18-4-2-13(25-18)9-20(21)26)29(27,28)15-8-12-6-7-24-22(12)17(23)11-15;/h3,5-8,10-11,13,18,24-25H,2,4,9H2,1H3;1H. The molecule has 156 valence electrons. The van der Waals surface area contributed by atoms with Crippen LogP contribution in [0.25, 0.3) is 21.8 Å². The minimum absolute atomic E-state index is 0. The lowest BCUT2D eigenvalue weighted by molar-refractivity contribution is 0.503. The lowest BCUT2D eigenvalue weighted by atomic mass is 9.99. The van der Waals surface area contributed by atoms with Crippen molar-refractivity contribution in [3.8, 4) is 0 Å². The molecule has 2 aromatic heterocycles. The summed E-state index contributed by atoms with van der Waals surface area (Å²) < 4.78 is 43.3. The average Bonchev–Trinajstić information content (AvgIpc) is 3.40. The van der Waals surface area contributed by atoms with Gasteiger partial charge in [0.25, 0.3) is 0 Å². The van der Waals surface area contributed by atoms with Crippen molar-refractivity contribution >= 4 is 44.1 Å². The fraction of sp³-hybridized carbons (Fsp3) is 0.273. The number of sulfone groups is 1. The van der Waals surface area contributed by atoms with Gasteiger partial charge in [-0.15, -0.1) is 12.4 Å². The molecule has 6 rings (SSSR count). The Balaban J connectivity index is 0.00000193. The summed E-state index contributed by atoms with van der Waals surface area (Å²) in [5.74, 6) is -0.564. The first-order chi connectivity index (χ1) is 13.9. The molecule has 2 N–H and O–H groups in total. The van der Waals surface area contributed by atoms with Gasteiger partial charge in [-0.1, -0.05) is 0 Å². The Morgan fingerprint density at radius 2 is 1.93 bits per heavy atom. The van der Waals surface area contributed by atoms with Gasteiger partial charge in [-0.2, -0.15) is 0 Å². The number of halogens is 2. The summed E-state index contributed by atoms with van der Waals surface area (Å²) in [6.07, 6.45) is 4.79. The van der Waals surface area contributed by atoms with Gasteiger partial charge in [0.1, 0.15) is 5.82 Å². The molecule has 5 nitrogen and oxygen atoms in total. The number of aromatic nitrogens is 2. The van der Waals surface area contributed by atoms with E-state index in [4.69, 9.17) is 0 Å². The molecule has 2 aromatic carbocycles. The SMILES string of the molecule is Cl.Cn1c2c(c3cc(S(=O)(=O)c4cc(F)c5[nH]ccc5c4)ccc31)C1CCC(C2)N1. The van der Waals surface area contributed by atoms with Crippen LogP contribution in [0, 0.1) is 5.82 Å². The molecule has 2 aliphatic rings. The third-order valence-corrected chi connectivity index (χ3v) is 8.30. The normalized spacial score (nSPS) is 20.5. The maximum atomic E-state index is 14.4. The predicted molar refractivity (Wildman–Crippen MR) is 116 cm³/mol. The highest BCUT2D eigenvalue weighted by molar-refractivity contribution is 7.91. The lowest BCUT2D eigenvalue weighted by Crippen LogP contribution is -2.32. The van der Waals surface area contributed by atoms with E-state index >= 15 is 0 Å². The molecule has 4 aromatic rings. The fourth-order valence-electron chi connectivity index (χ4n) is 5.14. The Labute approximate surface area is 179 Å². The number of hydrogen-bond donors (Lipinski definition) is 2. The van der Waals surface area contributed by atoms with E-state index in [9.17, 15) is 12.8 Å². The second-order valence-electron chi connectivity index (χ2n) is 8.15. The quantitative estimate of drug-likeness (QED) is 0.480. The van der Waals surface area contributed by atoms with E-state index in [1.165, 1.54) is 17.3 Å². The van der Waals surface area contributed by atoms with Crippen molar-refractivity contribution in [1.29, 1.82) is 0 Å². The lowest BCUT2D eigenvalue weighted by Gasteiger charge is -2.23. The number of benzene rings is 2. The minimum Gasteiger partial charge on any atom is -0.359 e. The van der Waals surface area contributed by atoms with Crippen molar-refractivity contribution in [3.05, 3.63) is 59.7 Å². The summed E-state index contributed by atoms with van der Waals surface area (Å²) >= 11 is 0. The molecule has 0 spiro atoms. The van der Waals surface area contributed by atoms with Gasteiger partial charge in [0.15, 0.2) is 0 Å². The number of H-pyrrole nitrogens is 1. The maximum absolute atomic E-state index is 14.4. The van der Waals surface area contributed by atoms with E-state index in [1.54, 1.807) is 24.4 Å². The van der Waals surface area contributed by atoms with Crippen LogP contribution in [-0.4, -0.2) is 24.0 Å². The van der Waals surface area contributed by atoms with Crippen molar-refractivity contribution in [2.75, 3.05) is 0 Å². The topological polar surface area (TPSA) is 66.9 Å². The van der Waals surface area contributed by atoms with Crippen LogP contribution in [0.3, 0.4) is 0 Å². The maximum Gasteiger partial charge on any atom is 0.206 e. The van der Waals surface area contributed by atoms with Gasteiger partial charge in [0, 0.05) is 53.7 Å². The smallest absolute Gasteiger partial charge is 0.206 e. The van der Waals surface area contributed by atoms with Gasteiger partial charge in [-0.05, 0) is 54.8 Å². The zero-order chi connectivity index (χ0) is 19.9. The Morgan fingerprint density at radius 1 is 1.10 bits per heavy atom. The number of aromatic amines is 1. The zero-order valence-corrected chi connectivity index (χ0v) is 17.9. The Kier molecular flexibility index (Phi) is 4.29. The second-order valence-corrected chi connectivity index (χ2v) is 10.1. The van der Waals surface area contributed by atoms with E-state index in [0.717, 1.165) is 36.2 Å². The Bertz CT molecular complexity index is 1420. The van der Waals surface area contributed by atoms with Gasteiger partial charge in [-0.25, -0.2) is 12.8 Å². The van der Waals surface area contributed by atoms with Gasteiger partial charge >= 0.3 is 0 Å². The van der Waals surface area contributed by atoms with Gasteiger partial charge in [-0.3, -0.25) is 0 Å². The third kappa shape index (κ3) is 2.58. The van der Waals surface area contributed by atoms with E-state index in [0.29, 0.717) is 16.9 Å². The first-order valence-electron chi connectivity index (χ1n) is 9.82. The number of nitrogens with zero attached hydrogens (tertiary/aromatic N) is 1. The van der Waals surface area contributed by atoms with Crippen LogP contribution < -0.4 is 5.32 Å². The van der Waals surface area contributed by atoms with Crippen LogP contribution in [0.5, 0.6) is 0 Å². The van der Waals surface area contributed by atoms with Crippen molar-refractivity contribution < 1.29 is 12.8 Å². The van der Waals surface area contributed by atoms with E-state index in [-0.39, 0.29) is 28.2 Å². The first kappa shape index (κ1) is 19.6. The molecule has 8 heteroatoms. The molecule has 2 unspecified atom stereocenters. The molecule has 0 aliphatic carbocycles. The van der Waals surface area contributed by atoms with Gasteiger partial charge < -0.3 is 14.9 Å². The predicted octanol–water partition coefficient (Wildman–Crippen LogP) is 4.40. The summed E-state index contributed by atoms with van der Waals surface area (Å²) in [6, 6.07) is 10.4. The van der Waals surface area contributed by atoms with E-state index in [1.807, 2.05) is 6.07 Å². The molecule has 0 saturated carbocycles. The molecule has 1 saturated heterocycles. The van der Waals surface area contributed by atoms with Crippen molar-refractivity contribution in [3.63, 3.8) is 0 Å². The van der Waals surface area contributed by atoms with Crippen molar-refractivity contribution in [2.45, 2.75) is 41.1 Å². The van der Waals surface area contributed by atoms with Crippen molar-refractivity contribution in [1.82, 2.24) is 14.9 Å². The second kappa shape index (κ2) is 6.57. The van der Waals surface area contributed by atoms with E-state index < -0.39 is 15.7 Å². The van der Waals surface area contributed by atoms with Crippen LogP contribution in [0.1, 0.15) is 30.1 Å². The molecule has 1 fully saturated rings. The van der Waals surface area contributed by atoms with Crippen LogP contribution >= 0.6 is 12.4 Å². The summed E-state index contributed by atoms with van der Waals surface area (Å²) in [6.45, 7) is 0. The summed E-state index contributed by atoms with van der Waals surface area (Å²) in [7, 11) is -1.79. The van der Waals surface area contributed by atoms with Crippen LogP contribution in [0.15, 0.2) is 52.4 Å².